The van der Waals surface area contributed by atoms with Crippen LogP contribution in [0.2, 0.25) is 5.02 Å². The van der Waals surface area contributed by atoms with Gasteiger partial charge in [0, 0.05) is 17.0 Å². The number of carbonyl (C=O) groups is 1. The minimum Gasteiger partial charge on any atom is -0.493 e. The molecule has 0 radical (unpaired) electrons. The quantitative estimate of drug-likeness (QED) is 0.154. The normalized spacial score (nSPS) is 14.9. The number of thioether (sulfide) groups is 1. The lowest BCUT2D eigenvalue weighted by Gasteiger charge is -2.19. The molecule has 4 nitrogen and oxygen atoms in total. The van der Waals surface area contributed by atoms with Gasteiger partial charge in [0.05, 0.1) is 24.7 Å². The molecule has 192 valence electrons. The van der Waals surface area contributed by atoms with Crippen LogP contribution < -0.4 is 9.47 Å². The molecule has 7 heteroatoms. The van der Waals surface area contributed by atoms with Crippen molar-refractivity contribution in [2.45, 2.75) is 39.2 Å². The van der Waals surface area contributed by atoms with E-state index in [4.69, 9.17) is 33.3 Å². The SMILES string of the molecule is CC(C)(C)c1ccc(OCCCOc2ccc(Cl)cc2/C=C2\SC(=S)N(Cc3ccccc3)C2=O)cc1. The first-order valence-electron chi connectivity index (χ1n) is 12.2. The standard InChI is InChI=1S/C30H30ClNO3S2/c1-30(2,3)23-10-13-25(14-11-23)34-16-7-17-35-26-15-12-24(31)18-22(26)19-27-28(33)32(29(36)37-27)20-21-8-5-4-6-9-21/h4-6,8-15,18-19H,7,16-17,20H2,1-3H3/b27-19-. The van der Waals surface area contributed by atoms with Gasteiger partial charge in [-0.25, -0.2) is 0 Å². The van der Waals surface area contributed by atoms with Crippen molar-refractivity contribution in [3.63, 3.8) is 0 Å². The zero-order valence-electron chi connectivity index (χ0n) is 21.2. The van der Waals surface area contributed by atoms with Gasteiger partial charge in [0.25, 0.3) is 5.91 Å². The molecule has 1 aliphatic rings. The van der Waals surface area contributed by atoms with E-state index in [0.717, 1.165) is 16.9 Å². The summed E-state index contributed by atoms with van der Waals surface area (Å²) in [5.41, 5.74) is 3.16. The second-order valence-corrected chi connectivity index (χ2v) is 11.9. The second kappa shape index (κ2) is 12.2. The molecular formula is C30H30ClNO3S2. The van der Waals surface area contributed by atoms with Gasteiger partial charge in [-0.3, -0.25) is 9.69 Å². The van der Waals surface area contributed by atoms with E-state index in [0.29, 0.717) is 46.2 Å². The molecule has 3 aromatic carbocycles. The molecule has 0 atom stereocenters. The van der Waals surface area contributed by atoms with Crippen LogP contribution >= 0.6 is 35.6 Å². The smallest absolute Gasteiger partial charge is 0.266 e. The summed E-state index contributed by atoms with van der Waals surface area (Å²) in [6.45, 7) is 8.03. The lowest BCUT2D eigenvalue weighted by atomic mass is 9.87. The molecular weight excluding hydrogens is 522 g/mol. The van der Waals surface area contributed by atoms with Crippen LogP contribution in [-0.2, 0) is 16.8 Å². The Morgan fingerprint density at radius 2 is 1.68 bits per heavy atom. The Balaban J connectivity index is 1.35. The van der Waals surface area contributed by atoms with Gasteiger partial charge in [-0.15, -0.1) is 0 Å². The van der Waals surface area contributed by atoms with Gasteiger partial charge in [-0.2, -0.15) is 0 Å². The number of nitrogens with zero attached hydrogens (tertiary/aromatic N) is 1. The highest BCUT2D eigenvalue weighted by molar-refractivity contribution is 8.26. The highest BCUT2D eigenvalue weighted by Gasteiger charge is 2.32. The number of benzene rings is 3. The van der Waals surface area contributed by atoms with Gasteiger partial charge in [-0.1, -0.05) is 98.8 Å². The lowest BCUT2D eigenvalue weighted by Crippen LogP contribution is -2.27. The van der Waals surface area contributed by atoms with Crippen molar-refractivity contribution in [1.29, 1.82) is 0 Å². The minimum atomic E-state index is -0.115. The molecule has 3 aromatic rings. The number of amides is 1. The molecule has 0 bridgehead atoms. The molecule has 0 saturated carbocycles. The van der Waals surface area contributed by atoms with E-state index in [9.17, 15) is 4.79 Å². The molecule has 1 amide bonds. The van der Waals surface area contributed by atoms with Gasteiger partial charge in [-0.05, 0) is 52.9 Å². The molecule has 0 N–H and O–H groups in total. The van der Waals surface area contributed by atoms with E-state index in [1.54, 1.807) is 23.1 Å². The molecule has 0 aromatic heterocycles. The van der Waals surface area contributed by atoms with E-state index < -0.39 is 0 Å². The maximum atomic E-state index is 13.1. The van der Waals surface area contributed by atoms with Crippen LogP contribution in [0.15, 0.2) is 77.7 Å². The first-order valence-corrected chi connectivity index (χ1v) is 13.8. The van der Waals surface area contributed by atoms with Crippen LogP contribution in [0.25, 0.3) is 6.08 Å². The average molecular weight is 552 g/mol. The van der Waals surface area contributed by atoms with Crippen LogP contribution in [-0.4, -0.2) is 28.3 Å². The van der Waals surface area contributed by atoms with Crippen molar-refractivity contribution in [2.24, 2.45) is 0 Å². The van der Waals surface area contributed by atoms with E-state index in [1.165, 1.54) is 17.3 Å². The third kappa shape index (κ3) is 7.37. The fourth-order valence-electron chi connectivity index (χ4n) is 3.79. The fourth-order valence-corrected chi connectivity index (χ4v) is 5.22. The topological polar surface area (TPSA) is 38.8 Å². The van der Waals surface area contributed by atoms with Crippen molar-refractivity contribution in [3.05, 3.63) is 99.4 Å². The fraction of sp³-hybridized carbons (Fsp3) is 0.267. The molecule has 1 saturated heterocycles. The Morgan fingerprint density at radius 1 is 0.973 bits per heavy atom. The largest absolute Gasteiger partial charge is 0.493 e. The Hall–Kier alpha value is -2.80. The Bertz CT molecular complexity index is 1280. The van der Waals surface area contributed by atoms with Gasteiger partial charge in [0.15, 0.2) is 0 Å². The van der Waals surface area contributed by atoms with Crippen molar-refractivity contribution in [1.82, 2.24) is 4.90 Å². The zero-order valence-corrected chi connectivity index (χ0v) is 23.6. The summed E-state index contributed by atoms with van der Waals surface area (Å²) >= 11 is 13.0. The lowest BCUT2D eigenvalue weighted by molar-refractivity contribution is -0.122. The predicted molar refractivity (Wildman–Crippen MR) is 157 cm³/mol. The van der Waals surface area contributed by atoms with E-state index in [1.807, 2.05) is 48.5 Å². The van der Waals surface area contributed by atoms with Crippen LogP contribution in [0.5, 0.6) is 11.5 Å². The van der Waals surface area contributed by atoms with Gasteiger partial charge < -0.3 is 9.47 Å². The van der Waals surface area contributed by atoms with Gasteiger partial charge in [0.1, 0.15) is 15.8 Å². The molecule has 0 unspecified atom stereocenters. The van der Waals surface area contributed by atoms with Crippen LogP contribution in [0.1, 0.15) is 43.9 Å². The van der Waals surface area contributed by atoms with Crippen molar-refractivity contribution < 1.29 is 14.3 Å². The van der Waals surface area contributed by atoms with Crippen molar-refractivity contribution in [2.75, 3.05) is 13.2 Å². The monoisotopic (exact) mass is 551 g/mol. The number of thiocarbonyl (C=S) groups is 1. The third-order valence-corrected chi connectivity index (χ3v) is 7.46. The average Bonchev–Trinajstić information content (AvgIpc) is 3.12. The Morgan fingerprint density at radius 3 is 2.38 bits per heavy atom. The van der Waals surface area contributed by atoms with Gasteiger partial charge in [0.2, 0.25) is 0 Å². The van der Waals surface area contributed by atoms with E-state index in [2.05, 4.69) is 32.9 Å². The number of carbonyl (C=O) groups excluding carboxylic acids is 1. The predicted octanol–water partition coefficient (Wildman–Crippen LogP) is 7.89. The first-order chi connectivity index (χ1) is 17.7. The number of hydrogen-bond donors (Lipinski definition) is 0. The molecule has 37 heavy (non-hydrogen) atoms. The van der Waals surface area contributed by atoms with Gasteiger partial charge >= 0.3 is 0 Å². The minimum absolute atomic E-state index is 0.115. The van der Waals surface area contributed by atoms with Crippen LogP contribution in [0.4, 0.5) is 0 Å². The summed E-state index contributed by atoms with van der Waals surface area (Å²) in [5, 5.41) is 0.570. The highest BCUT2D eigenvalue weighted by atomic mass is 35.5. The molecule has 0 spiro atoms. The molecule has 0 aliphatic carbocycles. The second-order valence-electron chi connectivity index (χ2n) is 9.76. The Kier molecular flexibility index (Phi) is 8.95. The summed E-state index contributed by atoms with van der Waals surface area (Å²) in [6.07, 6.45) is 2.51. The molecule has 1 fully saturated rings. The summed E-state index contributed by atoms with van der Waals surface area (Å²) in [6, 6.07) is 23.4. The van der Waals surface area contributed by atoms with E-state index in [-0.39, 0.29) is 11.3 Å². The summed E-state index contributed by atoms with van der Waals surface area (Å²) in [4.78, 5) is 15.3. The first kappa shape index (κ1) is 27.2. The van der Waals surface area contributed by atoms with E-state index >= 15 is 0 Å². The number of halogens is 1. The summed E-state index contributed by atoms with van der Waals surface area (Å²) in [5.74, 6) is 1.39. The Labute approximate surface area is 233 Å². The molecule has 1 aliphatic heterocycles. The maximum Gasteiger partial charge on any atom is 0.266 e. The zero-order chi connectivity index (χ0) is 26.4. The molecule has 4 rings (SSSR count). The van der Waals surface area contributed by atoms with Crippen LogP contribution in [0.3, 0.4) is 0 Å². The summed E-state index contributed by atoms with van der Waals surface area (Å²) < 4.78 is 12.5. The molecule has 1 heterocycles. The number of rotatable bonds is 9. The number of hydrogen-bond acceptors (Lipinski definition) is 5. The van der Waals surface area contributed by atoms with Crippen LogP contribution in [0, 0.1) is 0 Å². The highest BCUT2D eigenvalue weighted by Crippen LogP contribution is 2.36. The van der Waals surface area contributed by atoms with Crippen molar-refractivity contribution in [3.8, 4) is 11.5 Å². The maximum absolute atomic E-state index is 13.1. The summed E-state index contributed by atoms with van der Waals surface area (Å²) in [7, 11) is 0. The number of ether oxygens (including phenoxy) is 2. The van der Waals surface area contributed by atoms with Crippen molar-refractivity contribution >= 4 is 51.9 Å². The third-order valence-electron chi connectivity index (χ3n) is 5.85.